The van der Waals surface area contributed by atoms with Gasteiger partial charge in [0.15, 0.2) is 0 Å². The molecule has 5 aliphatic rings. The van der Waals surface area contributed by atoms with Crippen molar-refractivity contribution in [1.29, 1.82) is 5.26 Å². The Morgan fingerprint density at radius 1 is 1.23 bits per heavy atom. The Hall–Kier alpha value is -3.29. The van der Waals surface area contributed by atoms with E-state index >= 15 is 8.78 Å². The molecule has 1 aromatic rings. The van der Waals surface area contributed by atoms with E-state index < -0.39 is 54.3 Å². The molecule has 6 atom stereocenters. The number of anilines is 1. The van der Waals surface area contributed by atoms with E-state index in [1.807, 2.05) is 19.1 Å². The second-order valence-electron chi connectivity index (χ2n) is 11.7. The first-order valence-corrected chi connectivity index (χ1v) is 14.0. The Labute approximate surface area is 227 Å². The predicted molar refractivity (Wildman–Crippen MR) is 138 cm³/mol. The van der Waals surface area contributed by atoms with Gasteiger partial charge in [0.1, 0.15) is 18.1 Å². The topological polar surface area (TPSA) is 127 Å². The van der Waals surface area contributed by atoms with Crippen LogP contribution in [0.25, 0.3) is 0 Å². The van der Waals surface area contributed by atoms with Crippen molar-refractivity contribution in [2.24, 2.45) is 17.8 Å². The van der Waals surface area contributed by atoms with Crippen LogP contribution < -0.4 is 16.0 Å². The molecule has 3 N–H and O–H groups in total. The number of nitriles is 1. The minimum absolute atomic E-state index is 0.103. The standard InChI is InChI=1S/C28H36F2N6O3/c1-16-9-20(15-32-14-16)34-23(10-17-4-5-17)27(39)36-21-6-7-22(28(29,30)12-21)24(36)26(38)35-19(13-31)11-18-3-2-8-33-25(18)37/h9,14-15,17-19,21-24,34H,2-8,10-12H2,1H3,(H,33,37)(H,35,38)/t18-,19-,21+,22+,23+,24-/m1/s1. The number of piperidine rings is 3. The van der Waals surface area contributed by atoms with Crippen molar-refractivity contribution in [3.05, 3.63) is 24.0 Å². The Morgan fingerprint density at radius 3 is 2.69 bits per heavy atom. The maximum atomic E-state index is 15.1. The molecule has 9 nitrogen and oxygen atoms in total. The van der Waals surface area contributed by atoms with E-state index in [2.05, 4.69) is 20.9 Å². The van der Waals surface area contributed by atoms with Crippen LogP contribution >= 0.6 is 0 Å². The molecule has 0 spiro atoms. The molecule has 3 saturated heterocycles. The second kappa shape index (κ2) is 11.1. The number of amides is 3. The quantitative estimate of drug-likeness (QED) is 0.440. The highest BCUT2D eigenvalue weighted by atomic mass is 19.3. The van der Waals surface area contributed by atoms with Crippen molar-refractivity contribution in [2.75, 3.05) is 11.9 Å². The van der Waals surface area contributed by atoms with E-state index in [0.29, 0.717) is 37.4 Å². The summed E-state index contributed by atoms with van der Waals surface area (Å²) in [6.07, 6.45) is 7.42. The summed E-state index contributed by atoms with van der Waals surface area (Å²) in [4.78, 5) is 45.5. The number of halogens is 2. The fraction of sp³-hybridized carbons (Fsp3) is 0.679. The van der Waals surface area contributed by atoms with Crippen LogP contribution in [0.2, 0.25) is 0 Å². The molecule has 1 aromatic heterocycles. The van der Waals surface area contributed by atoms with E-state index in [4.69, 9.17) is 0 Å². The molecular formula is C28H36F2N6O3. The second-order valence-corrected chi connectivity index (χ2v) is 11.7. The largest absolute Gasteiger partial charge is 0.372 e. The van der Waals surface area contributed by atoms with Crippen molar-refractivity contribution in [2.45, 2.75) is 94.8 Å². The van der Waals surface area contributed by atoms with Crippen LogP contribution in [0.15, 0.2) is 18.5 Å². The van der Waals surface area contributed by atoms with Crippen molar-refractivity contribution in [1.82, 2.24) is 20.5 Å². The molecule has 3 amide bonds. The molecule has 2 bridgehead atoms. The first kappa shape index (κ1) is 27.3. The van der Waals surface area contributed by atoms with Gasteiger partial charge in [-0.2, -0.15) is 5.26 Å². The summed E-state index contributed by atoms with van der Waals surface area (Å²) in [6, 6.07) is 0.0543. The molecule has 2 saturated carbocycles. The molecule has 0 aromatic carbocycles. The van der Waals surface area contributed by atoms with Gasteiger partial charge in [0.2, 0.25) is 17.7 Å². The Bertz CT molecular complexity index is 1150. The smallest absolute Gasteiger partial charge is 0.255 e. The van der Waals surface area contributed by atoms with Crippen molar-refractivity contribution in [3.63, 3.8) is 0 Å². The molecule has 6 rings (SSSR count). The van der Waals surface area contributed by atoms with E-state index in [0.717, 1.165) is 24.8 Å². The van der Waals surface area contributed by atoms with Gasteiger partial charge in [-0.15, -0.1) is 0 Å². The van der Waals surface area contributed by atoms with Gasteiger partial charge in [0, 0.05) is 37.3 Å². The fourth-order valence-corrected chi connectivity index (χ4v) is 6.49. The number of pyridine rings is 1. The number of nitrogens with one attached hydrogen (secondary N) is 3. The van der Waals surface area contributed by atoms with Crippen molar-refractivity contribution < 1.29 is 23.2 Å². The predicted octanol–water partition coefficient (Wildman–Crippen LogP) is 2.91. The zero-order chi connectivity index (χ0) is 27.7. The number of hydrogen-bond donors (Lipinski definition) is 3. The van der Waals surface area contributed by atoms with E-state index in [9.17, 15) is 19.6 Å². The third-order valence-corrected chi connectivity index (χ3v) is 8.63. The van der Waals surface area contributed by atoms with Gasteiger partial charge in [-0.05, 0) is 63.0 Å². The molecule has 5 fully saturated rings. The highest BCUT2D eigenvalue weighted by Crippen LogP contribution is 2.49. The van der Waals surface area contributed by atoms with E-state index in [-0.39, 0.29) is 24.7 Å². The molecule has 0 unspecified atom stereocenters. The van der Waals surface area contributed by atoms with Crippen molar-refractivity contribution >= 4 is 23.4 Å². The number of hydrogen-bond acceptors (Lipinski definition) is 6. The maximum Gasteiger partial charge on any atom is 0.255 e. The lowest BCUT2D eigenvalue weighted by Crippen LogP contribution is -2.70. The van der Waals surface area contributed by atoms with Crippen LogP contribution in [-0.4, -0.2) is 64.2 Å². The molecule has 210 valence electrons. The molecule has 11 heteroatoms. The number of nitrogens with zero attached hydrogens (tertiary/aromatic N) is 3. The summed E-state index contributed by atoms with van der Waals surface area (Å²) < 4.78 is 30.3. The third kappa shape index (κ3) is 5.99. The average Bonchev–Trinajstić information content (AvgIpc) is 3.72. The van der Waals surface area contributed by atoms with Crippen molar-refractivity contribution in [3.8, 4) is 6.07 Å². The molecule has 3 aliphatic heterocycles. The van der Waals surface area contributed by atoms with Crippen LogP contribution in [-0.2, 0) is 14.4 Å². The lowest BCUT2D eigenvalue weighted by atomic mass is 9.71. The monoisotopic (exact) mass is 542 g/mol. The summed E-state index contributed by atoms with van der Waals surface area (Å²) in [5.74, 6) is -5.77. The Kier molecular flexibility index (Phi) is 7.74. The van der Waals surface area contributed by atoms with Crippen LogP contribution in [0.1, 0.15) is 63.4 Å². The lowest BCUT2D eigenvalue weighted by molar-refractivity contribution is -0.194. The number of alkyl halides is 2. The molecule has 2 aliphatic carbocycles. The lowest BCUT2D eigenvalue weighted by Gasteiger charge is -2.54. The zero-order valence-electron chi connectivity index (χ0n) is 22.2. The van der Waals surface area contributed by atoms with Gasteiger partial charge in [-0.25, -0.2) is 8.78 Å². The summed E-state index contributed by atoms with van der Waals surface area (Å²) in [7, 11) is 0. The third-order valence-electron chi connectivity index (χ3n) is 8.63. The fourth-order valence-electron chi connectivity index (χ4n) is 6.49. The number of aryl methyl sites for hydroxylation is 1. The van der Waals surface area contributed by atoms with Gasteiger partial charge in [-0.1, -0.05) is 12.8 Å². The Morgan fingerprint density at radius 2 is 2.03 bits per heavy atom. The SMILES string of the molecule is Cc1cncc(N[C@@H](CC2CC2)C(=O)N2[C@H]3CC[C@@H]([C@@H]2C(=O)N[C@@H](C#N)C[C@H]2CCCNC2=O)C(F)(F)C3)c1. The van der Waals surface area contributed by atoms with Gasteiger partial charge < -0.3 is 20.9 Å². The highest BCUT2D eigenvalue weighted by molar-refractivity contribution is 5.92. The molecular weight excluding hydrogens is 506 g/mol. The Balaban J connectivity index is 1.38. The van der Waals surface area contributed by atoms with Crippen LogP contribution in [0.3, 0.4) is 0 Å². The van der Waals surface area contributed by atoms with Gasteiger partial charge in [-0.3, -0.25) is 19.4 Å². The minimum Gasteiger partial charge on any atom is -0.372 e. The van der Waals surface area contributed by atoms with Gasteiger partial charge >= 0.3 is 0 Å². The first-order chi connectivity index (χ1) is 18.7. The van der Waals surface area contributed by atoms with Gasteiger partial charge in [0.25, 0.3) is 5.92 Å². The van der Waals surface area contributed by atoms with Gasteiger partial charge in [0.05, 0.1) is 17.7 Å². The number of carbonyl (C=O) groups is 3. The van der Waals surface area contributed by atoms with Crippen LogP contribution in [0.5, 0.6) is 0 Å². The first-order valence-electron chi connectivity index (χ1n) is 14.0. The number of aromatic nitrogens is 1. The summed E-state index contributed by atoms with van der Waals surface area (Å²) in [5.41, 5.74) is 1.58. The highest BCUT2D eigenvalue weighted by Gasteiger charge is 2.61. The number of fused-ring (bicyclic) bond motifs is 3. The minimum atomic E-state index is -3.09. The normalized spacial score (nSPS) is 29.1. The number of rotatable bonds is 9. The summed E-state index contributed by atoms with van der Waals surface area (Å²) in [6.45, 7) is 2.47. The average molecular weight is 543 g/mol. The van der Waals surface area contributed by atoms with Crippen LogP contribution in [0, 0.1) is 36.0 Å². The maximum absolute atomic E-state index is 15.1. The van der Waals surface area contributed by atoms with Crippen LogP contribution in [0.4, 0.5) is 14.5 Å². The van der Waals surface area contributed by atoms with E-state index in [1.54, 1.807) is 12.4 Å². The van der Waals surface area contributed by atoms with E-state index in [1.165, 1.54) is 4.90 Å². The molecule has 39 heavy (non-hydrogen) atoms. The zero-order valence-corrected chi connectivity index (χ0v) is 22.2. The molecule has 4 heterocycles. The summed E-state index contributed by atoms with van der Waals surface area (Å²) in [5, 5.41) is 18.4. The summed E-state index contributed by atoms with van der Waals surface area (Å²) >= 11 is 0. The molecule has 0 radical (unpaired) electrons. The number of carbonyl (C=O) groups excluding carboxylic acids is 3.